The highest BCUT2D eigenvalue weighted by Crippen LogP contribution is 2.23. The van der Waals surface area contributed by atoms with Crippen molar-refractivity contribution in [2.75, 3.05) is 44.2 Å². The van der Waals surface area contributed by atoms with Crippen molar-refractivity contribution in [1.82, 2.24) is 15.2 Å². The van der Waals surface area contributed by atoms with Crippen molar-refractivity contribution in [3.63, 3.8) is 0 Å². The second kappa shape index (κ2) is 11.3. The molecule has 0 radical (unpaired) electrons. The summed E-state index contributed by atoms with van der Waals surface area (Å²) in [5.41, 5.74) is 5.07. The highest BCUT2D eigenvalue weighted by Gasteiger charge is 2.24. The van der Waals surface area contributed by atoms with E-state index >= 15 is 0 Å². The molecule has 0 unspecified atom stereocenters. The number of hydrogen-bond donors (Lipinski definition) is 2. The third kappa shape index (κ3) is 5.88. The lowest BCUT2D eigenvalue weighted by molar-refractivity contribution is 0.0620. The Balaban J connectivity index is 1.20. The van der Waals surface area contributed by atoms with Crippen LogP contribution in [0, 0.1) is 12.8 Å². The van der Waals surface area contributed by atoms with Crippen molar-refractivity contribution in [1.29, 1.82) is 0 Å². The molecule has 1 atom stereocenters. The van der Waals surface area contributed by atoms with Gasteiger partial charge < -0.3 is 20.2 Å². The highest BCUT2D eigenvalue weighted by atomic mass is 32.1. The predicted octanol–water partition coefficient (Wildman–Crippen LogP) is 3.49. The monoisotopic (exact) mass is 456 g/mol. The molecule has 4 rings (SSSR count). The zero-order valence-corrected chi connectivity index (χ0v) is 19.9. The van der Waals surface area contributed by atoms with Crippen LogP contribution in [-0.2, 0) is 6.42 Å². The van der Waals surface area contributed by atoms with Crippen molar-refractivity contribution in [3.05, 3.63) is 45.9 Å². The Morgan fingerprint density at radius 2 is 1.97 bits per heavy atom. The number of benzene rings is 1. The van der Waals surface area contributed by atoms with Crippen LogP contribution in [0.15, 0.2) is 29.8 Å². The number of rotatable bonds is 8. The van der Waals surface area contributed by atoms with Crippen LogP contribution in [0.2, 0.25) is 0 Å². The van der Waals surface area contributed by atoms with Gasteiger partial charge in [0, 0.05) is 55.0 Å². The summed E-state index contributed by atoms with van der Waals surface area (Å²) in [6, 6.07) is 8.70. The van der Waals surface area contributed by atoms with Crippen LogP contribution in [0.25, 0.3) is 0 Å². The van der Waals surface area contributed by atoms with Gasteiger partial charge in [0.15, 0.2) is 0 Å². The zero-order valence-electron chi connectivity index (χ0n) is 19.1. The smallest absolute Gasteiger partial charge is 0.253 e. The number of carbonyl (C=O) groups excluding carboxylic acids is 1. The molecule has 1 aromatic carbocycles. The molecule has 2 N–H and O–H groups in total. The van der Waals surface area contributed by atoms with Crippen LogP contribution in [-0.4, -0.2) is 66.3 Å². The summed E-state index contributed by atoms with van der Waals surface area (Å²) < 4.78 is 0. The van der Waals surface area contributed by atoms with E-state index in [9.17, 15) is 9.90 Å². The van der Waals surface area contributed by atoms with E-state index in [1.165, 1.54) is 16.3 Å². The predicted molar refractivity (Wildman–Crippen MR) is 131 cm³/mol. The van der Waals surface area contributed by atoms with Crippen molar-refractivity contribution >= 4 is 22.9 Å². The van der Waals surface area contributed by atoms with Gasteiger partial charge in [-0.25, -0.2) is 4.98 Å². The fourth-order valence-electron chi connectivity index (χ4n) is 4.86. The number of thiazole rings is 1. The summed E-state index contributed by atoms with van der Waals surface area (Å²) in [5.74, 6) is 0.310. The Morgan fingerprint density at radius 3 is 2.66 bits per heavy atom. The molecular formula is C25H36N4O2S. The standard InChI is InChI=1S/C25H36N4O2S/c1-19-24(32-18-27-19)5-2-12-26-22-10-14-28(15-11-22)23-8-6-21(7-9-23)25(31)29-13-3-4-20(16-29)17-30/h6-9,18,20,22,26,30H,2-5,10-17H2,1H3/t20-/m1/s1. The summed E-state index contributed by atoms with van der Waals surface area (Å²) in [6.07, 6.45) is 6.56. The minimum atomic E-state index is 0.0890. The Morgan fingerprint density at radius 1 is 1.19 bits per heavy atom. The first-order chi connectivity index (χ1) is 15.6. The van der Waals surface area contributed by atoms with Crippen LogP contribution in [0.4, 0.5) is 5.69 Å². The fourth-order valence-corrected chi connectivity index (χ4v) is 5.68. The average molecular weight is 457 g/mol. The number of hydrogen-bond acceptors (Lipinski definition) is 6. The van der Waals surface area contributed by atoms with E-state index in [1.807, 2.05) is 22.5 Å². The van der Waals surface area contributed by atoms with E-state index in [2.05, 4.69) is 34.3 Å². The zero-order chi connectivity index (χ0) is 22.3. The first-order valence-corrected chi connectivity index (χ1v) is 12.9. The molecule has 7 heteroatoms. The normalized spacial score (nSPS) is 20.0. The van der Waals surface area contributed by atoms with Crippen molar-refractivity contribution < 1.29 is 9.90 Å². The first kappa shape index (κ1) is 23.2. The molecule has 1 amide bonds. The molecule has 6 nitrogen and oxygen atoms in total. The topological polar surface area (TPSA) is 68.7 Å². The summed E-state index contributed by atoms with van der Waals surface area (Å²) in [4.78, 5) is 22.9. The number of aliphatic hydroxyl groups is 1. The Hall–Kier alpha value is -1.96. The van der Waals surface area contributed by atoms with E-state index in [4.69, 9.17) is 0 Å². The Bertz CT molecular complexity index is 861. The second-order valence-electron chi connectivity index (χ2n) is 9.17. The van der Waals surface area contributed by atoms with Gasteiger partial charge in [-0.05, 0) is 82.2 Å². The number of piperidine rings is 2. The van der Waals surface area contributed by atoms with E-state index < -0.39 is 0 Å². The average Bonchev–Trinajstić information content (AvgIpc) is 3.26. The number of amides is 1. The summed E-state index contributed by atoms with van der Waals surface area (Å²) in [6.45, 7) is 6.87. The molecule has 2 aliphatic rings. The van der Waals surface area contributed by atoms with E-state index in [0.717, 1.165) is 70.3 Å². The molecular weight excluding hydrogens is 420 g/mol. The van der Waals surface area contributed by atoms with E-state index in [0.29, 0.717) is 12.6 Å². The van der Waals surface area contributed by atoms with Gasteiger partial charge in [-0.2, -0.15) is 0 Å². The van der Waals surface area contributed by atoms with Crippen LogP contribution in [0.3, 0.4) is 0 Å². The lowest BCUT2D eigenvalue weighted by Gasteiger charge is -2.34. The highest BCUT2D eigenvalue weighted by molar-refractivity contribution is 7.09. The summed E-state index contributed by atoms with van der Waals surface area (Å²) in [5, 5.41) is 13.2. The largest absolute Gasteiger partial charge is 0.396 e. The number of aryl methyl sites for hydroxylation is 2. The number of aliphatic hydroxyl groups excluding tert-OH is 1. The van der Waals surface area contributed by atoms with E-state index in [-0.39, 0.29) is 18.4 Å². The van der Waals surface area contributed by atoms with Gasteiger partial charge in [0.25, 0.3) is 5.91 Å². The van der Waals surface area contributed by atoms with Crippen molar-refractivity contribution in [2.45, 2.75) is 51.5 Å². The molecule has 2 aromatic rings. The molecule has 0 saturated carbocycles. The van der Waals surface area contributed by atoms with Gasteiger partial charge in [-0.1, -0.05) is 0 Å². The van der Waals surface area contributed by atoms with Gasteiger partial charge in [0.1, 0.15) is 0 Å². The molecule has 174 valence electrons. The molecule has 3 heterocycles. The number of nitrogens with one attached hydrogen (secondary N) is 1. The van der Waals surface area contributed by atoms with Gasteiger partial charge in [-0.3, -0.25) is 4.79 Å². The number of nitrogens with zero attached hydrogens (tertiary/aromatic N) is 3. The second-order valence-corrected chi connectivity index (χ2v) is 10.1. The number of aromatic nitrogens is 1. The molecule has 2 aliphatic heterocycles. The molecule has 32 heavy (non-hydrogen) atoms. The summed E-state index contributed by atoms with van der Waals surface area (Å²) in [7, 11) is 0. The minimum Gasteiger partial charge on any atom is -0.396 e. The lowest BCUT2D eigenvalue weighted by Crippen LogP contribution is -2.43. The van der Waals surface area contributed by atoms with E-state index in [1.54, 1.807) is 11.3 Å². The number of carbonyl (C=O) groups is 1. The first-order valence-electron chi connectivity index (χ1n) is 12.0. The van der Waals surface area contributed by atoms with Gasteiger partial charge >= 0.3 is 0 Å². The molecule has 1 aromatic heterocycles. The van der Waals surface area contributed by atoms with Crippen LogP contribution < -0.4 is 10.2 Å². The maximum atomic E-state index is 12.8. The Kier molecular flexibility index (Phi) is 8.16. The summed E-state index contributed by atoms with van der Waals surface area (Å²) >= 11 is 1.77. The quantitative estimate of drug-likeness (QED) is 0.595. The van der Waals surface area contributed by atoms with Crippen molar-refractivity contribution in [2.24, 2.45) is 5.92 Å². The number of anilines is 1. The minimum absolute atomic E-state index is 0.0890. The Labute approximate surface area is 195 Å². The third-order valence-corrected chi connectivity index (χ3v) is 7.89. The SMILES string of the molecule is Cc1ncsc1CCCNC1CCN(c2ccc(C(=O)N3CCC[C@@H](CO)C3)cc2)CC1. The maximum absolute atomic E-state index is 12.8. The molecule has 2 saturated heterocycles. The molecule has 0 aliphatic carbocycles. The fraction of sp³-hybridized carbons (Fsp3) is 0.600. The maximum Gasteiger partial charge on any atom is 0.253 e. The van der Waals surface area contributed by atoms with Gasteiger partial charge in [0.2, 0.25) is 0 Å². The molecule has 2 fully saturated rings. The van der Waals surface area contributed by atoms with Gasteiger partial charge in [-0.15, -0.1) is 11.3 Å². The van der Waals surface area contributed by atoms with Crippen molar-refractivity contribution in [3.8, 4) is 0 Å². The van der Waals surface area contributed by atoms with Crippen LogP contribution >= 0.6 is 11.3 Å². The molecule has 0 bridgehead atoms. The van der Waals surface area contributed by atoms with Crippen LogP contribution in [0.1, 0.15) is 53.0 Å². The molecule has 0 spiro atoms. The number of likely N-dealkylation sites (tertiary alicyclic amines) is 1. The third-order valence-electron chi connectivity index (χ3n) is 6.90. The van der Waals surface area contributed by atoms with Gasteiger partial charge in [0.05, 0.1) is 11.2 Å². The lowest BCUT2D eigenvalue weighted by atomic mass is 9.98. The van der Waals surface area contributed by atoms with Crippen LogP contribution in [0.5, 0.6) is 0 Å².